The van der Waals surface area contributed by atoms with Gasteiger partial charge < -0.3 is 19.6 Å². The van der Waals surface area contributed by atoms with E-state index in [0.29, 0.717) is 57.9 Å². The van der Waals surface area contributed by atoms with Crippen molar-refractivity contribution < 1.29 is 14.0 Å². The fraction of sp³-hybridized carbons (Fsp3) is 0.381. The fourth-order valence-electron chi connectivity index (χ4n) is 3.78. The van der Waals surface area contributed by atoms with Gasteiger partial charge in [0.15, 0.2) is 0 Å². The monoisotopic (exact) mass is 397 g/mol. The number of nitrogens with zero attached hydrogens (tertiary/aromatic N) is 5. The van der Waals surface area contributed by atoms with Crippen molar-refractivity contribution in [2.24, 2.45) is 0 Å². The number of hydrogen-bond donors (Lipinski definition) is 0. The van der Waals surface area contributed by atoms with E-state index in [1.165, 1.54) is 12.1 Å². The number of benzene rings is 1. The van der Waals surface area contributed by atoms with Crippen LogP contribution in [0.4, 0.5) is 15.9 Å². The Morgan fingerprint density at radius 2 is 1.55 bits per heavy atom. The zero-order chi connectivity index (χ0) is 20.2. The Bertz CT molecular complexity index is 860. The molecule has 152 valence electrons. The molecule has 1 aromatic carbocycles. The minimum Gasteiger partial charge on any atom is -0.368 e. The molecule has 2 aliphatic heterocycles. The summed E-state index contributed by atoms with van der Waals surface area (Å²) < 4.78 is 13.1. The third kappa shape index (κ3) is 4.31. The van der Waals surface area contributed by atoms with E-state index >= 15 is 0 Å². The van der Waals surface area contributed by atoms with Crippen LogP contribution in [0.15, 0.2) is 42.6 Å². The Morgan fingerprint density at radius 1 is 0.897 bits per heavy atom. The molecule has 2 saturated heterocycles. The Labute approximate surface area is 169 Å². The van der Waals surface area contributed by atoms with Crippen molar-refractivity contribution in [3.05, 3.63) is 54.0 Å². The summed E-state index contributed by atoms with van der Waals surface area (Å²) >= 11 is 0. The van der Waals surface area contributed by atoms with Crippen molar-refractivity contribution in [1.29, 1.82) is 0 Å². The molecule has 4 rings (SSSR count). The van der Waals surface area contributed by atoms with Gasteiger partial charge in [-0.3, -0.25) is 9.59 Å². The van der Waals surface area contributed by atoms with Gasteiger partial charge in [-0.2, -0.15) is 0 Å². The number of pyridine rings is 1. The van der Waals surface area contributed by atoms with Crippen molar-refractivity contribution in [1.82, 2.24) is 14.8 Å². The SMILES string of the molecule is O=CN1CCN(c2cc(C(=O)N3CCN(c4ccc(F)cc4)CC3)ccn2)CC1. The number of aromatic nitrogens is 1. The average molecular weight is 397 g/mol. The van der Waals surface area contributed by atoms with E-state index in [9.17, 15) is 14.0 Å². The molecule has 0 bridgehead atoms. The number of anilines is 2. The number of carbonyl (C=O) groups is 2. The maximum Gasteiger partial charge on any atom is 0.254 e. The summed E-state index contributed by atoms with van der Waals surface area (Å²) in [6.45, 7) is 5.40. The highest BCUT2D eigenvalue weighted by Gasteiger charge is 2.24. The first-order chi connectivity index (χ1) is 14.1. The minimum absolute atomic E-state index is 0.000987. The molecule has 0 unspecified atom stereocenters. The fourth-order valence-corrected chi connectivity index (χ4v) is 3.78. The highest BCUT2D eigenvalue weighted by Crippen LogP contribution is 2.20. The Morgan fingerprint density at radius 3 is 2.21 bits per heavy atom. The van der Waals surface area contributed by atoms with Gasteiger partial charge in [0.2, 0.25) is 6.41 Å². The van der Waals surface area contributed by atoms with Crippen molar-refractivity contribution in [2.75, 3.05) is 62.2 Å². The van der Waals surface area contributed by atoms with Crippen LogP contribution in [0.3, 0.4) is 0 Å². The van der Waals surface area contributed by atoms with Crippen LogP contribution in [-0.4, -0.2) is 79.5 Å². The molecule has 0 saturated carbocycles. The molecule has 0 radical (unpaired) electrons. The maximum absolute atomic E-state index is 13.1. The number of amides is 2. The molecule has 2 aromatic rings. The first-order valence-corrected chi connectivity index (χ1v) is 9.84. The first kappa shape index (κ1) is 19.2. The van der Waals surface area contributed by atoms with Gasteiger partial charge >= 0.3 is 0 Å². The van der Waals surface area contributed by atoms with Gasteiger partial charge in [-0.1, -0.05) is 0 Å². The quantitative estimate of drug-likeness (QED) is 0.731. The molecule has 8 heteroatoms. The number of piperazine rings is 2. The second kappa shape index (κ2) is 8.46. The third-order valence-electron chi connectivity index (χ3n) is 5.54. The van der Waals surface area contributed by atoms with Gasteiger partial charge in [0.1, 0.15) is 11.6 Å². The summed E-state index contributed by atoms with van der Waals surface area (Å²) in [4.78, 5) is 36.1. The van der Waals surface area contributed by atoms with Crippen molar-refractivity contribution in [3.63, 3.8) is 0 Å². The standard InChI is InChI=1S/C21H24FN5O2/c22-18-1-3-19(4-2-18)25-11-13-27(14-12-25)21(29)17-5-6-23-20(15-17)26-9-7-24(16-28)8-10-26/h1-6,15-16H,7-14H2. The van der Waals surface area contributed by atoms with Crippen LogP contribution < -0.4 is 9.80 Å². The van der Waals surface area contributed by atoms with Gasteiger partial charge in [0.05, 0.1) is 0 Å². The van der Waals surface area contributed by atoms with Crippen LogP contribution in [0, 0.1) is 5.82 Å². The molecule has 0 atom stereocenters. The van der Waals surface area contributed by atoms with E-state index in [1.54, 1.807) is 29.3 Å². The van der Waals surface area contributed by atoms with Crippen LogP contribution in [0.1, 0.15) is 10.4 Å². The number of rotatable bonds is 4. The van der Waals surface area contributed by atoms with Gasteiger partial charge in [-0.25, -0.2) is 9.37 Å². The minimum atomic E-state index is -0.247. The van der Waals surface area contributed by atoms with E-state index in [-0.39, 0.29) is 11.7 Å². The van der Waals surface area contributed by atoms with Gasteiger partial charge in [-0.05, 0) is 36.4 Å². The molecule has 1 aromatic heterocycles. The lowest BCUT2D eigenvalue weighted by molar-refractivity contribution is -0.118. The summed E-state index contributed by atoms with van der Waals surface area (Å²) in [6.07, 6.45) is 2.54. The van der Waals surface area contributed by atoms with E-state index in [0.717, 1.165) is 17.9 Å². The van der Waals surface area contributed by atoms with Crippen molar-refractivity contribution in [2.45, 2.75) is 0 Å². The van der Waals surface area contributed by atoms with Gasteiger partial charge in [-0.15, -0.1) is 0 Å². The summed E-state index contributed by atoms with van der Waals surface area (Å²) in [6, 6.07) is 10.0. The molecule has 2 amide bonds. The highest BCUT2D eigenvalue weighted by atomic mass is 19.1. The topological polar surface area (TPSA) is 60.0 Å². The van der Waals surface area contributed by atoms with Gasteiger partial charge in [0, 0.05) is 69.8 Å². The molecule has 0 aliphatic carbocycles. The van der Waals surface area contributed by atoms with Crippen molar-refractivity contribution >= 4 is 23.8 Å². The van der Waals surface area contributed by atoms with Crippen LogP contribution in [0.5, 0.6) is 0 Å². The summed E-state index contributed by atoms with van der Waals surface area (Å²) in [5.74, 6) is 0.522. The maximum atomic E-state index is 13.1. The van der Waals surface area contributed by atoms with Gasteiger partial charge in [0.25, 0.3) is 5.91 Å². The molecule has 2 aliphatic rings. The number of hydrogen-bond acceptors (Lipinski definition) is 5. The molecule has 0 spiro atoms. The molecule has 29 heavy (non-hydrogen) atoms. The van der Waals surface area contributed by atoms with Crippen LogP contribution in [0.2, 0.25) is 0 Å². The number of halogens is 1. The van der Waals surface area contributed by atoms with E-state index in [2.05, 4.69) is 14.8 Å². The van der Waals surface area contributed by atoms with Crippen LogP contribution in [-0.2, 0) is 4.79 Å². The molecule has 2 fully saturated rings. The van der Waals surface area contributed by atoms with E-state index in [1.807, 2.05) is 11.0 Å². The predicted octanol–water partition coefficient (Wildman–Crippen LogP) is 1.46. The predicted molar refractivity (Wildman–Crippen MR) is 109 cm³/mol. The van der Waals surface area contributed by atoms with E-state index in [4.69, 9.17) is 0 Å². The van der Waals surface area contributed by atoms with Crippen LogP contribution in [0.25, 0.3) is 0 Å². The molecule has 3 heterocycles. The van der Waals surface area contributed by atoms with E-state index < -0.39 is 0 Å². The summed E-state index contributed by atoms with van der Waals surface area (Å²) in [7, 11) is 0. The highest BCUT2D eigenvalue weighted by molar-refractivity contribution is 5.95. The third-order valence-corrected chi connectivity index (χ3v) is 5.54. The molecule has 7 nitrogen and oxygen atoms in total. The lowest BCUT2D eigenvalue weighted by Crippen LogP contribution is -2.49. The second-order valence-electron chi connectivity index (χ2n) is 7.29. The normalized spacial score (nSPS) is 17.4. The Balaban J connectivity index is 1.38. The molecular formula is C21H24FN5O2. The zero-order valence-electron chi connectivity index (χ0n) is 16.2. The number of carbonyl (C=O) groups excluding carboxylic acids is 2. The first-order valence-electron chi connectivity index (χ1n) is 9.84. The lowest BCUT2D eigenvalue weighted by atomic mass is 10.2. The van der Waals surface area contributed by atoms with Crippen LogP contribution >= 0.6 is 0 Å². The Hall–Kier alpha value is -3.16. The molecule has 0 N–H and O–H groups in total. The summed E-state index contributed by atoms with van der Waals surface area (Å²) in [5, 5.41) is 0. The zero-order valence-corrected chi connectivity index (χ0v) is 16.2. The lowest BCUT2D eigenvalue weighted by Gasteiger charge is -2.36. The Kier molecular flexibility index (Phi) is 5.59. The average Bonchev–Trinajstić information content (AvgIpc) is 2.79. The molecular weight excluding hydrogens is 373 g/mol. The van der Waals surface area contributed by atoms with Crippen molar-refractivity contribution in [3.8, 4) is 0 Å². The summed E-state index contributed by atoms with van der Waals surface area (Å²) in [5.41, 5.74) is 1.60. The second-order valence-corrected chi connectivity index (χ2v) is 7.29. The smallest absolute Gasteiger partial charge is 0.254 e. The largest absolute Gasteiger partial charge is 0.368 e.